The Morgan fingerprint density at radius 1 is 0.577 bits per heavy atom. The van der Waals surface area contributed by atoms with Crippen LogP contribution in [0.3, 0.4) is 0 Å². The second-order valence-corrected chi connectivity index (χ2v) is 7.54. The van der Waals surface area contributed by atoms with Gasteiger partial charge in [-0.1, -0.05) is 0 Å². The standard InChI is InChI=1S/C24H25O.Ti/c25-17-16-24(18-21-10-4-1-5-11-21,19-22-12-6-2-7-13-22)20-23-14-8-3-9-15-23;/h1-15H,16-20H2;/q-1;+1. The maximum absolute atomic E-state index is 5.51. The Labute approximate surface area is 169 Å². The van der Waals surface area contributed by atoms with Crippen LogP contribution in [0.25, 0.3) is 0 Å². The van der Waals surface area contributed by atoms with Crippen LogP contribution in [0.5, 0.6) is 0 Å². The van der Waals surface area contributed by atoms with Gasteiger partial charge in [-0.25, -0.2) is 0 Å². The van der Waals surface area contributed by atoms with Crippen LogP contribution in [0, 0.1) is 5.41 Å². The third-order valence-electron chi connectivity index (χ3n) is 5.00. The molecule has 0 aromatic heterocycles. The average Bonchev–Trinajstić information content (AvgIpc) is 2.69. The molecular weight excluding hydrogens is 352 g/mol. The first kappa shape index (κ1) is 19.1. The van der Waals surface area contributed by atoms with Crippen LogP contribution in [-0.4, -0.2) is 6.61 Å². The van der Waals surface area contributed by atoms with E-state index in [-0.39, 0.29) is 5.41 Å². The molecule has 0 saturated heterocycles. The summed E-state index contributed by atoms with van der Waals surface area (Å²) in [7, 11) is 0. The fourth-order valence-corrected chi connectivity index (χ4v) is 3.97. The van der Waals surface area contributed by atoms with Crippen molar-refractivity contribution in [2.24, 2.45) is 5.41 Å². The number of rotatable bonds is 9. The summed E-state index contributed by atoms with van der Waals surface area (Å²) >= 11 is 1.80. The van der Waals surface area contributed by atoms with E-state index in [4.69, 9.17) is 3.32 Å². The zero-order valence-corrected chi connectivity index (χ0v) is 16.7. The van der Waals surface area contributed by atoms with Crippen LogP contribution < -0.4 is 0 Å². The molecule has 0 unspecified atom stereocenters. The van der Waals surface area contributed by atoms with Gasteiger partial charge < -0.3 is 0 Å². The summed E-state index contributed by atoms with van der Waals surface area (Å²) in [5.41, 5.74) is 4.33. The molecule has 3 aromatic rings. The van der Waals surface area contributed by atoms with Crippen molar-refractivity contribution in [3.05, 3.63) is 108 Å². The van der Waals surface area contributed by atoms with Gasteiger partial charge in [0.1, 0.15) is 0 Å². The second kappa shape index (κ2) is 9.87. The Kier molecular flexibility index (Phi) is 7.26. The molecule has 0 aliphatic heterocycles. The van der Waals surface area contributed by atoms with Crippen molar-refractivity contribution in [3.63, 3.8) is 0 Å². The summed E-state index contributed by atoms with van der Waals surface area (Å²) in [4.78, 5) is 0. The Hall–Kier alpha value is -1.67. The van der Waals surface area contributed by atoms with Crippen LogP contribution in [0.15, 0.2) is 91.0 Å². The van der Waals surface area contributed by atoms with E-state index in [0.29, 0.717) is 0 Å². The molecule has 3 aromatic carbocycles. The van der Waals surface area contributed by atoms with Crippen LogP contribution in [-0.2, 0) is 43.4 Å². The topological polar surface area (TPSA) is 9.23 Å². The van der Waals surface area contributed by atoms with Crippen LogP contribution in [0.1, 0.15) is 23.1 Å². The molecule has 0 N–H and O–H groups in total. The third-order valence-corrected chi connectivity index (χ3v) is 5.32. The predicted molar refractivity (Wildman–Crippen MR) is 103 cm³/mol. The number of hydrogen-bond donors (Lipinski definition) is 0. The minimum atomic E-state index is 0.139. The molecule has 131 valence electrons. The van der Waals surface area contributed by atoms with E-state index < -0.39 is 0 Å². The molecular formula is C24H25OTi. The van der Waals surface area contributed by atoms with Crippen molar-refractivity contribution in [2.75, 3.05) is 6.61 Å². The van der Waals surface area contributed by atoms with Crippen LogP contribution in [0.4, 0.5) is 0 Å². The molecule has 0 saturated carbocycles. The Morgan fingerprint density at radius 3 is 1.23 bits per heavy atom. The van der Waals surface area contributed by atoms with E-state index in [1.807, 2.05) is 0 Å². The molecule has 26 heavy (non-hydrogen) atoms. The Balaban J connectivity index is 1.94. The van der Waals surface area contributed by atoms with Gasteiger partial charge in [-0.2, -0.15) is 0 Å². The molecule has 0 fully saturated rings. The molecule has 0 aliphatic carbocycles. The fraction of sp³-hybridized carbons (Fsp3) is 0.250. The van der Waals surface area contributed by atoms with E-state index in [2.05, 4.69) is 91.0 Å². The van der Waals surface area contributed by atoms with E-state index in [1.54, 1.807) is 20.8 Å². The van der Waals surface area contributed by atoms with Gasteiger partial charge in [-0.05, 0) is 0 Å². The van der Waals surface area contributed by atoms with E-state index in [0.717, 1.165) is 32.3 Å². The first-order chi connectivity index (χ1) is 12.8. The van der Waals surface area contributed by atoms with E-state index in [1.165, 1.54) is 16.7 Å². The molecule has 3 rings (SSSR count). The minimum absolute atomic E-state index is 0.139. The van der Waals surface area contributed by atoms with Crippen molar-refractivity contribution in [2.45, 2.75) is 25.7 Å². The van der Waals surface area contributed by atoms with Gasteiger partial charge in [0.05, 0.1) is 0 Å². The SMILES string of the molecule is [Ti][O]CCC(Cc1ccccc1)(Cc1ccccc1)Cc1ccccc1. The normalized spacial score (nSPS) is 11.3. The summed E-state index contributed by atoms with van der Waals surface area (Å²) in [6.45, 7) is 0.784. The van der Waals surface area contributed by atoms with Gasteiger partial charge in [0.2, 0.25) is 0 Å². The maximum atomic E-state index is 5.51. The summed E-state index contributed by atoms with van der Waals surface area (Å²) in [6, 6.07) is 32.6. The van der Waals surface area contributed by atoms with Crippen molar-refractivity contribution in [1.29, 1.82) is 0 Å². The molecule has 1 nitrogen and oxygen atoms in total. The van der Waals surface area contributed by atoms with Gasteiger partial charge in [-0.3, -0.25) is 0 Å². The molecule has 0 aliphatic rings. The van der Waals surface area contributed by atoms with Crippen molar-refractivity contribution in [3.8, 4) is 0 Å². The summed E-state index contributed by atoms with van der Waals surface area (Å²) in [5.74, 6) is 0. The molecule has 0 amide bonds. The summed E-state index contributed by atoms with van der Waals surface area (Å²) in [6.07, 6.45) is 4.21. The zero-order chi connectivity index (χ0) is 18.1. The van der Waals surface area contributed by atoms with Crippen molar-refractivity contribution in [1.82, 2.24) is 0 Å². The molecule has 0 atom stereocenters. The Bertz CT molecular complexity index is 655. The fourth-order valence-electron chi connectivity index (χ4n) is 3.81. The molecule has 0 bridgehead atoms. The van der Waals surface area contributed by atoms with Gasteiger partial charge in [0.25, 0.3) is 0 Å². The van der Waals surface area contributed by atoms with Gasteiger partial charge >= 0.3 is 170 Å². The molecule has 2 heteroatoms. The van der Waals surface area contributed by atoms with Gasteiger partial charge in [0.15, 0.2) is 0 Å². The first-order valence-electron chi connectivity index (χ1n) is 9.20. The average molecular weight is 377 g/mol. The van der Waals surface area contributed by atoms with Crippen molar-refractivity contribution < 1.29 is 24.1 Å². The quantitative estimate of drug-likeness (QED) is 0.443. The zero-order valence-electron chi connectivity index (χ0n) is 15.1. The van der Waals surface area contributed by atoms with Crippen LogP contribution in [0.2, 0.25) is 0 Å². The monoisotopic (exact) mass is 377 g/mol. The number of benzene rings is 3. The van der Waals surface area contributed by atoms with E-state index in [9.17, 15) is 0 Å². The van der Waals surface area contributed by atoms with Gasteiger partial charge in [-0.15, -0.1) is 0 Å². The first-order valence-corrected chi connectivity index (χ1v) is 9.84. The number of hydrogen-bond acceptors (Lipinski definition) is 1. The van der Waals surface area contributed by atoms with Gasteiger partial charge in [0, 0.05) is 0 Å². The predicted octanol–water partition coefficient (Wildman–Crippen LogP) is 5.57. The third kappa shape index (κ3) is 5.67. The summed E-state index contributed by atoms with van der Waals surface area (Å²) in [5, 5.41) is 0. The van der Waals surface area contributed by atoms with Crippen LogP contribution >= 0.6 is 0 Å². The Morgan fingerprint density at radius 2 is 0.923 bits per heavy atom. The second-order valence-electron chi connectivity index (χ2n) is 7.09. The molecule has 0 spiro atoms. The van der Waals surface area contributed by atoms with E-state index >= 15 is 0 Å². The summed E-state index contributed by atoms with van der Waals surface area (Å²) < 4.78 is 5.51. The molecule has 0 radical (unpaired) electrons. The van der Waals surface area contributed by atoms with Crippen molar-refractivity contribution >= 4 is 0 Å². The molecule has 0 heterocycles.